The van der Waals surface area contributed by atoms with Gasteiger partial charge in [0.1, 0.15) is 0 Å². The normalized spacial score (nSPS) is 18.2. The Hall–Kier alpha value is -0.820. The highest BCUT2D eigenvalue weighted by atomic mass is 14.7. The van der Waals surface area contributed by atoms with Crippen LogP contribution < -0.4 is 5.73 Å². The Kier molecular flexibility index (Phi) is 2.60. The Balaban J connectivity index is 2.35. The van der Waals surface area contributed by atoms with Crippen molar-refractivity contribution in [2.45, 2.75) is 39.2 Å². The van der Waals surface area contributed by atoms with Gasteiger partial charge in [-0.2, -0.15) is 0 Å². The van der Waals surface area contributed by atoms with Gasteiger partial charge in [-0.15, -0.1) is 0 Å². The molecule has 1 unspecified atom stereocenters. The second-order valence-corrected chi connectivity index (χ2v) is 4.36. The Morgan fingerprint density at radius 1 is 1.43 bits per heavy atom. The first-order valence-electron chi connectivity index (χ1n) is 5.58. The van der Waals surface area contributed by atoms with Gasteiger partial charge in [-0.25, -0.2) is 0 Å². The lowest BCUT2D eigenvalue weighted by Gasteiger charge is -2.17. The van der Waals surface area contributed by atoms with Crippen LogP contribution in [0, 0.1) is 12.8 Å². The molecule has 0 amide bonds. The molecule has 0 saturated heterocycles. The van der Waals surface area contributed by atoms with Crippen molar-refractivity contribution in [2.75, 3.05) is 0 Å². The van der Waals surface area contributed by atoms with Crippen LogP contribution in [0.2, 0.25) is 0 Å². The first-order valence-corrected chi connectivity index (χ1v) is 5.58. The van der Waals surface area contributed by atoms with Crippen molar-refractivity contribution in [3.63, 3.8) is 0 Å². The van der Waals surface area contributed by atoms with E-state index in [0.717, 1.165) is 12.3 Å². The van der Waals surface area contributed by atoms with Crippen LogP contribution in [0.5, 0.6) is 0 Å². The number of nitrogens with two attached hydrogens (primary N) is 1. The molecule has 2 rings (SSSR count). The highest BCUT2D eigenvalue weighted by Crippen LogP contribution is 2.40. The molecule has 1 fully saturated rings. The lowest BCUT2D eigenvalue weighted by Crippen LogP contribution is -2.15. The largest absolute Gasteiger partial charge is 0.324 e. The van der Waals surface area contributed by atoms with Crippen LogP contribution in [0.3, 0.4) is 0 Å². The number of hydrogen-bond donors (Lipinski definition) is 1. The average Bonchev–Trinajstić information content (AvgIpc) is 2.99. The topological polar surface area (TPSA) is 26.0 Å². The van der Waals surface area contributed by atoms with E-state index in [2.05, 4.69) is 32.0 Å². The minimum Gasteiger partial charge on any atom is -0.324 e. The van der Waals surface area contributed by atoms with Gasteiger partial charge in [-0.1, -0.05) is 25.1 Å². The van der Waals surface area contributed by atoms with E-state index in [1.807, 2.05) is 0 Å². The fourth-order valence-corrected chi connectivity index (χ4v) is 2.23. The van der Waals surface area contributed by atoms with E-state index in [1.165, 1.54) is 29.5 Å². The molecule has 1 heteroatoms. The summed E-state index contributed by atoms with van der Waals surface area (Å²) < 4.78 is 0. The van der Waals surface area contributed by atoms with Crippen molar-refractivity contribution >= 4 is 0 Å². The molecule has 1 atom stereocenters. The van der Waals surface area contributed by atoms with Gasteiger partial charge < -0.3 is 5.73 Å². The molecule has 1 aliphatic carbocycles. The van der Waals surface area contributed by atoms with Crippen LogP contribution in [0.1, 0.15) is 42.5 Å². The Bertz CT molecular complexity index is 326. The van der Waals surface area contributed by atoms with Crippen LogP contribution in [-0.4, -0.2) is 0 Å². The second-order valence-electron chi connectivity index (χ2n) is 4.36. The maximum Gasteiger partial charge on any atom is 0.0326 e. The molecule has 1 aliphatic rings. The van der Waals surface area contributed by atoms with Crippen molar-refractivity contribution < 1.29 is 0 Å². The van der Waals surface area contributed by atoms with Crippen LogP contribution in [0.4, 0.5) is 0 Å². The molecule has 0 spiro atoms. The van der Waals surface area contributed by atoms with Gasteiger partial charge in [-0.3, -0.25) is 0 Å². The first kappa shape index (κ1) is 9.72. The second kappa shape index (κ2) is 3.74. The van der Waals surface area contributed by atoms with Crippen LogP contribution in [-0.2, 0) is 6.42 Å². The molecular formula is C13H19N. The van der Waals surface area contributed by atoms with Gasteiger partial charge in [-0.05, 0) is 48.8 Å². The highest BCUT2D eigenvalue weighted by molar-refractivity contribution is 5.37. The number of benzene rings is 1. The zero-order valence-electron chi connectivity index (χ0n) is 9.09. The summed E-state index contributed by atoms with van der Waals surface area (Å²) in [5, 5.41) is 0. The lowest BCUT2D eigenvalue weighted by atomic mass is 9.93. The molecule has 14 heavy (non-hydrogen) atoms. The van der Waals surface area contributed by atoms with Crippen molar-refractivity contribution in [2.24, 2.45) is 11.7 Å². The Morgan fingerprint density at radius 3 is 2.71 bits per heavy atom. The molecule has 0 heterocycles. The third-order valence-corrected chi connectivity index (χ3v) is 3.29. The molecule has 76 valence electrons. The summed E-state index contributed by atoms with van der Waals surface area (Å²) in [5.41, 5.74) is 10.5. The molecule has 2 N–H and O–H groups in total. The number of rotatable bonds is 3. The van der Waals surface area contributed by atoms with E-state index in [9.17, 15) is 0 Å². The standard InChI is InChI=1S/C13H19N/c1-3-11-9(2)5-4-6-12(11)13(14)10-7-8-10/h4-6,10,13H,3,7-8,14H2,1-2H3. The summed E-state index contributed by atoms with van der Waals surface area (Å²) in [6.07, 6.45) is 3.74. The molecule has 1 saturated carbocycles. The number of hydrogen-bond acceptors (Lipinski definition) is 1. The molecule has 0 radical (unpaired) electrons. The summed E-state index contributed by atoms with van der Waals surface area (Å²) in [5.74, 6) is 0.752. The maximum atomic E-state index is 6.25. The van der Waals surface area contributed by atoms with Gasteiger partial charge in [0.2, 0.25) is 0 Å². The van der Waals surface area contributed by atoms with E-state index in [4.69, 9.17) is 5.73 Å². The third-order valence-electron chi connectivity index (χ3n) is 3.29. The minimum absolute atomic E-state index is 0.282. The first-order chi connectivity index (χ1) is 6.74. The highest BCUT2D eigenvalue weighted by Gasteiger charge is 2.30. The van der Waals surface area contributed by atoms with Crippen LogP contribution in [0.25, 0.3) is 0 Å². The fraction of sp³-hybridized carbons (Fsp3) is 0.538. The van der Waals surface area contributed by atoms with Crippen LogP contribution in [0.15, 0.2) is 18.2 Å². The molecule has 0 aliphatic heterocycles. The Labute approximate surface area is 86.3 Å². The third kappa shape index (κ3) is 1.69. The quantitative estimate of drug-likeness (QED) is 0.777. The lowest BCUT2D eigenvalue weighted by molar-refractivity contribution is 0.626. The van der Waals surface area contributed by atoms with Crippen molar-refractivity contribution in [3.8, 4) is 0 Å². The van der Waals surface area contributed by atoms with E-state index >= 15 is 0 Å². The molecular weight excluding hydrogens is 170 g/mol. The van der Waals surface area contributed by atoms with Gasteiger partial charge in [0.05, 0.1) is 0 Å². The molecule has 0 aromatic heterocycles. The van der Waals surface area contributed by atoms with Crippen molar-refractivity contribution in [3.05, 3.63) is 34.9 Å². The Morgan fingerprint density at radius 2 is 2.14 bits per heavy atom. The summed E-state index contributed by atoms with van der Waals surface area (Å²) in [4.78, 5) is 0. The fourth-order valence-electron chi connectivity index (χ4n) is 2.23. The zero-order chi connectivity index (χ0) is 10.1. The predicted molar refractivity (Wildman–Crippen MR) is 60.2 cm³/mol. The van der Waals surface area contributed by atoms with Gasteiger partial charge in [0.25, 0.3) is 0 Å². The van der Waals surface area contributed by atoms with Gasteiger partial charge >= 0.3 is 0 Å². The van der Waals surface area contributed by atoms with Crippen LogP contribution >= 0.6 is 0 Å². The van der Waals surface area contributed by atoms with E-state index < -0.39 is 0 Å². The molecule has 0 bridgehead atoms. The predicted octanol–water partition coefficient (Wildman–Crippen LogP) is 2.97. The molecule has 1 aromatic carbocycles. The average molecular weight is 189 g/mol. The molecule has 1 nitrogen and oxygen atoms in total. The minimum atomic E-state index is 0.282. The smallest absolute Gasteiger partial charge is 0.0326 e. The maximum absolute atomic E-state index is 6.25. The summed E-state index contributed by atoms with van der Waals surface area (Å²) >= 11 is 0. The summed E-state index contributed by atoms with van der Waals surface area (Å²) in [6, 6.07) is 6.80. The van der Waals surface area contributed by atoms with E-state index in [-0.39, 0.29) is 6.04 Å². The summed E-state index contributed by atoms with van der Waals surface area (Å²) in [6.45, 7) is 4.40. The van der Waals surface area contributed by atoms with E-state index in [0.29, 0.717) is 0 Å². The SMILES string of the molecule is CCc1c(C)cccc1C(N)C1CC1. The van der Waals surface area contributed by atoms with Crippen molar-refractivity contribution in [1.82, 2.24) is 0 Å². The van der Waals surface area contributed by atoms with E-state index in [1.54, 1.807) is 0 Å². The monoisotopic (exact) mass is 189 g/mol. The summed E-state index contributed by atoms with van der Waals surface area (Å²) in [7, 11) is 0. The number of aryl methyl sites for hydroxylation is 1. The zero-order valence-corrected chi connectivity index (χ0v) is 9.09. The van der Waals surface area contributed by atoms with Gasteiger partial charge in [0.15, 0.2) is 0 Å². The van der Waals surface area contributed by atoms with Gasteiger partial charge in [0, 0.05) is 6.04 Å². The molecule has 1 aromatic rings. The van der Waals surface area contributed by atoms with Crippen molar-refractivity contribution in [1.29, 1.82) is 0 Å².